The quantitative estimate of drug-likeness (QED) is 0.0891. The summed E-state index contributed by atoms with van der Waals surface area (Å²) in [6, 6.07) is 15.7. The van der Waals surface area contributed by atoms with E-state index in [-0.39, 0.29) is 5.78 Å². The fourth-order valence-corrected chi connectivity index (χ4v) is 5.75. The fraction of sp³-hybridized carbons (Fsp3) is 0.371. The molecule has 2 aliphatic rings. The van der Waals surface area contributed by atoms with Gasteiger partial charge in [0.15, 0.2) is 5.78 Å². The lowest BCUT2D eigenvalue weighted by Gasteiger charge is -2.30. The Balaban J connectivity index is 1.65. The maximum Gasteiger partial charge on any atom is 0.185 e. The highest BCUT2D eigenvalue weighted by atomic mass is 16.5. The zero-order chi connectivity index (χ0) is 28.8. The number of aliphatic imine (C=N–C) groups is 1. The van der Waals surface area contributed by atoms with E-state index in [1.165, 1.54) is 11.3 Å². The lowest BCUT2D eigenvalue weighted by molar-refractivity contribution is 0.0672. The summed E-state index contributed by atoms with van der Waals surface area (Å²) >= 11 is 0. The molecule has 0 saturated carbocycles. The molecule has 6 heteroatoms. The van der Waals surface area contributed by atoms with Crippen LogP contribution in [0.3, 0.4) is 0 Å². The minimum absolute atomic E-state index is 0.0532. The monoisotopic (exact) mass is 551 g/mol. The van der Waals surface area contributed by atoms with Crippen LogP contribution < -0.4 is 4.74 Å². The van der Waals surface area contributed by atoms with Crippen LogP contribution in [0.25, 0.3) is 22.7 Å². The number of nitrogens with zero attached hydrogens (tertiary/aromatic N) is 3. The number of ether oxygens (including phenoxy) is 2. The molecule has 1 fully saturated rings. The third-order valence-corrected chi connectivity index (χ3v) is 8.12. The van der Waals surface area contributed by atoms with Gasteiger partial charge in [0.2, 0.25) is 0 Å². The van der Waals surface area contributed by atoms with Crippen LogP contribution in [0.1, 0.15) is 61.9 Å². The van der Waals surface area contributed by atoms with E-state index in [0.717, 1.165) is 79.1 Å². The van der Waals surface area contributed by atoms with Crippen molar-refractivity contribution in [3.05, 3.63) is 84.0 Å². The predicted molar refractivity (Wildman–Crippen MR) is 169 cm³/mol. The van der Waals surface area contributed by atoms with E-state index in [1.54, 1.807) is 25.3 Å². The zero-order valence-electron chi connectivity index (χ0n) is 24.6. The Kier molecular flexibility index (Phi) is 9.20. The van der Waals surface area contributed by atoms with Gasteiger partial charge in [-0.1, -0.05) is 43.4 Å². The average molecular weight is 552 g/mol. The van der Waals surface area contributed by atoms with E-state index in [2.05, 4.69) is 60.2 Å². The molecule has 2 aromatic carbocycles. The Bertz CT molecular complexity index is 1490. The van der Waals surface area contributed by atoms with E-state index in [4.69, 9.17) is 14.5 Å². The first kappa shape index (κ1) is 28.6. The van der Waals surface area contributed by atoms with Gasteiger partial charge >= 0.3 is 0 Å². The van der Waals surface area contributed by atoms with Gasteiger partial charge in [-0.3, -0.25) is 9.36 Å². The van der Waals surface area contributed by atoms with Crippen molar-refractivity contribution in [2.45, 2.75) is 46.0 Å². The highest BCUT2D eigenvalue weighted by molar-refractivity contribution is 6.09. The SMILES string of the molecule is C=C(C)C1CC=C(n2c(/N=C(\CCC)N3CCOCC3)c(/C=C/C(=O)c3ccc(OC)cc3)c3ccccc32)CC1. The van der Waals surface area contributed by atoms with Gasteiger partial charge in [0.1, 0.15) is 17.4 Å². The van der Waals surface area contributed by atoms with Gasteiger partial charge in [-0.05, 0) is 81.0 Å². The number of benzene rings is 2. The predicted octanol–water partition coefficient (Wildman–Crippen LogP) is 7.93. The molecule has 3 aromatic rings. The summed E-state index contributed by atoms with van der Waals surface area (Å²) in [5.74, 6) is 3.15. The van der Waals surface area contributed by atoms with Crippen LogP contribution in [0.5, 0.6) is 5.75 Å². The molecule has 1 aromatic heterocycles. The van der Waals surface area contributed by atoms with Gasteiger partial charge < -0.3 is 14.4 Å². The van der Waals surface area contributed by atoms with Crippen LogP contribution in [0, 0.1) is 5.92 Å². The summed E-state index contributed by atoms with van der Waals surface area (Å²) in [4.78, 5) is 21.0. The Morgan fingerprint density at radius 1 is 1.15 bits per heavy atom. The molecule has 2 heterocycles. The van der Waals surface area contributed by atoms with E-state index >= 15 is 0 Å². The molecule has 0 N–H and O–H groups in total. The van der Waals surface area contributed by atoms with E-state index in [1.807, 2.05) is 18.2 Å². The highest BCUT2D eigenvalue weighted by Gasteiger charge is 2.24. The van der Waals surface area contributed by atoms with E-state index in [0.29, 0.717) is 24.7 Å². The van der Waals surface area contributed by atoms with Gasteiger partial charge in [-0.2, -0.15) is 0 Å². The first-order valence-electron chi connectivity index (χ1n) is 14.7. The summed E-state index contributed by atoms with van der Waals surface area (Å²) in [5, 5.41) is 1.09. The lowest BCUT2D eigenvalue weighted by atomic mass is 9.87. The molecule has 5 rings (SSSR count). The second-order valence-corrected chi connectivity index (χ2v) is 10.9. The number of aromatic nitrogens is 1. The molecular weight excluding hydrogens is 510 g/mol. The van der Waals surface area contributed by atoms with Crippen LogP contribution in [0.2, 0.25) is 0 Å². The molecule has 0 spiro atoms. The summed E-state index contributed by atoms with van der Waals surface area (Å²) in [5.41, 5.74) is 5.20. The molecule has 1 atom stereocenters. The standard InChI is InChI=1S/C35H41N3O3/c1-5-8-34(37-21-23-41-24-22-37)36-35-31(19-20-33(39)27-13-17-29(40-4)18-14-27)30-9-6-7-10-32(30)38(35)28-15-11-26(12-16-28)25(2)3/h6-7,9-10,13-15,17-20,26H,2,5,8,11-12,16,21-24H2,1,3-4H3/b20-19+,36-34+. The summed E-state index contributed by atoms with van der Waals surface area (Å²) < 4.78 is 13.2. The fourth-order valence-electron chi connectivity index (χ4n) is 5.75. The van der Waals surface area contributed by atoms with E-state index < -0.39 is 0 Å². The number of amidine groups is 1. The van der Waals surface area contributed by atoms with Crippen LogP contribution in [-0.4, -0.2) is 54.5 Å². The van der Waals surface area contributed by atoms with Crippen LogP contribution >= 0.6 is 0 Å². The normalized spacial score (nSPS) is 18.1. The van der Waals surface area contributed by atoms with Crippen molar-refractivity contribution >= 4 is 40.1 Å². The molecule has 0 amide bonds. The summed E-state index contributed by atoms with van der Waals surface area (Å²) in [7, 11) is 1.62. The number of para-hydroxylation sites is 1. The van der Waals surface area contributed by atoms with Gasteiger partial charge in [0.05, 0.1) is 25.8 Å². The number of ketones is 1. The first-order valence-corrected chi connectivity index (χ1v) is 14.7. The molecule has 1 unspecified atom stereocenters. The van der Waals surface area contributed by atoms with Gasteiger partial charge in [-0.25, -0.2) is 4.99 Å². The minimum Gasteiger partial charge on any atom is -0.497 e. The number of methoxy groups -OCH3 is 1. The molecule has 1 saturated heterocycles. The smallest absolute Gasteiger partial charge is 0.185 e. The summed E-state index contributed by atoms with van der Waals surface area (Å²) in [6.07, 6.45) is 10.9. The van der Waals surface area contributed by atoms with Crippen molar-refractivity contribution in [2.75, 3.05) is 33.4 Å². The van der Waals surface area contributed by atoms with Crippen LogP contribution in [0.15, 0.2) is 77.8 Å². The number of hydrogen-bond donors (Lipinski definition) is 0. The van der Waals surface area contributed by atoms with Crippen molar-refractivity contribution < 1.29 is 14.3 Å². The number of carbonyl (C=O) groups excluding carboxylic acids is 1. The average Bonchev–Trinajstić information content (AvgIpc) is 3.32. The number of allylic oxidation sites excluding steroid dienone is 4. The molecular formula is C35H41N3O3. The number of fused-ring (bicyclic) bond motifs is 1. The molecule has 1 aliphatic heterocycles. The number of rotatable bonds is 9. The molecule has 1 aliphatic carbocycles. The van der Waals surface area contributed by atoms with Crippen molar-refractivity contribution in [1.82, 2.24) is 9.47 Å². The van der Waals surface area contributed by atoms with Gasteiger partial charge in [0.25, 0.3) is 0 Å². The van der Waals surface area contributed by atoms with Crippen molar-refractivity contribution in [1.29, 1.82) is 0 Å². The lowest BCUT2D eigenvalue weighted by Crippen LogP contribution is -2.40. The Morgan fingerprint density at radius 3 is 2.56 bits per heavy atom. The number of hydrogen-bond acceptors (Lipinski definition) is 4. The maximum atomic E-state index is 13.2. The summed E-state index contributed by atoms with van der Waals surface area (Å²) in [6.45, 7) is 11.6. The van der Waals surface area contributed by atoms with Crippen molar-refractivity contribution in [3.63, 3.8) is 0 Å². The maximum absolute atomic E-state index is 13.2. The Hall–Kier alpha value is -3.90. The second kappa shape index (κ2) is 13.2. The number of carbonyl (C=O) groups is 1. The topological polar surface area (TPSA) is 56.1 Å². The molecule has 0 bridgehead atoms. The molecule has 41 heavy (non-hydrogen) atoms. The largest absolute Gasteiger partial charge is 0.497 e. The van der Waals surface area contributed by atoms with Gasteiger partial charge in [0, 0.05) is 41.7 Å². The van der Waals surface area contributed by atoms with E-state index in [9.17, 15) is 4.79 Å². The number of morpholine rings is 1. The van der Waals surface area contributed by atoms with Crippen molar-refractivity contribution in [2.24, 2.45) is 10.9 Å². The molecule has 0 radical (unpaired) electrons. The first-order chi connectivity index (χ1) is 20.0. The van der Waals surface area contributed by atoms with Crippen LogP contribution in [0.4, 0.5) is 5.82 Å². The third-order valence-electron chi connectivity index (χ3n) is 8.12. The molecule has 6 nitrogen and oxygen atoms in total. The Morgan fingerprint density at radius 2 is 1.90 bits per heavy atom. The van der Waals surface area contributed by atoms with Gasteiger partial charge in [-0.15, -0.1) is 0 Å². The minimum atomic E-state index is -0.0532. The highest BCUT2D eigenvalue weighted by Crippen LogP contribution is 2.40. The van der Waals surface area contributed by atoms with Crippen molar-refractivity contribution in [3.8, 4) is 5.75 Å². The third kappa shape index (κ3) is 6.38. The Labute approximate surface area is 243 Å². The zero-order valence-corrected chi connectivity index (χ0v) is 24.6. The second-order valence-electron chi connectivity index (χ2n) is 10.9. The van der Waals surface area contributed by atoms with Crippen LogP contribution in [-0.2, 0) is 4.74 Å². The molecule has 214 valence electrons.